The van der Waals surface area contributed by atoms with E-state index in [1.54, 1.807) is 41.0 Å². The van der Waals surface area contributed by atoms with Crippen LogP contribution in [-0.2, 0) is 20.8 Å². The van der Waals surface area contributed by atoms with Gasteiger partial charge in [-0.3, -0.25) is 14.4 Å². The minimum atomic E-state index is -0.411. The van der Waals surface area contributed by atoms with Gasteiger partial charge in [0.1, 0.15) is 5.75 Å². The van der Waals surface area contributed by atoms with Crippen LogP contribution < -0.4 is 19.9 Å². The van der Waals surface area contributed by atoms with E-state index in [1.165, 1.54) is 0 Å². The molecule has 0 aliphatic carbocycles. The monoisotopic (exact) mass is 407 g/mol. The van der Waals surface area contributed by atoms with Gasteiger partial charge in [-0.25, -0.2) is 0 Å². The Morgan fingerprint density at radius 1 is 1.17 bits per heavy atom. The van der Waals surface area contributed by atoms with E-state index >= 15 is 0 Å². The predicted molar refractivity (Wildman–Crippen MR) is 115 cm³/mol. The number of fused-ring (bicyclic) bond motifs is 1. The first-order chi connectivity index (χ1) is 14.5. The molecule has 2 heterocycles. The summed E-state index contributed by atoms with van der Waals surface area (Å²) in [5, 5.41) is 2.89. The number of nitrogens with zero attached hydrogens (tertiary/aromatic N) is 2. The van der Waals surface area contributed by atoms with Crippen LogP contribution in [0.15, 0.2) is 42.5 Å². The van der Waals surface area contributed by atoms with Gasteiger partial charge in [-0.1, -0.05) is 0 Å². The SMILES string of the molecule is CCOc1ccc(NC(=O)[C@H]2CC(=O)N(c3ccc4c(c3)CCN4C(C)=O)C2)cc1. The molecule has 0 spiro atoms. The van der Waals surface area contributed by atoms with Crippen LogP contribution in [0.2, 0.25) is 0 Å². The van der Waals surface area contributed by atoms with Gasteiger partial charge in [-0.15, -0.1) is 0 Å². The quantitative estimate of drug-likeness (QED) is 0.827. The zero-order chi connectivity index (χ0) is 21.3. The molecule has 0 bridgehead atoms. The number of hydrogen-bond acceptors (Lipinski definition) is 4. The largest absolute Gasteiger partial charge is 0.494 e. The summed E-state index contributed by atoms with van der Waals surface area (Å²) in [5.41, 5.74) is 3.41. The number of benzene rings is 2. The van der Waals surface area contributed by atoms with Crippen molar-refractivity contribution in [1.82, 2.24) is 0 Å². The molecule has 2 aromatic carbocycles. The molecule has 0 aromatic heterocycles. The summed E-state index contributed by atoms with van der Waals surface area (Å²) < 4.78 is 5.41. The third-order valence-electron chi connectivity index (χ3n) is 5.58. The molecule has 2 aliphatic rings. The van der Waals surface area contributed by atoms with Gasteiger partial charge in [0.2, 0.25) is 17.7 Å². The fraction of sp³-hybridized carbons (Fsp3) is 0.348. The normalized spacial score (nSPS) is 17.8. The molecular weight excluding hydrogens is 382 g/mol. The molecular formula is C23H25N3O4. The van der Waals surface area contributed by atoms with Crippen molar-refractivity contribution in [3.63, 3.8) is 0 Å². The van der Waals surface area contributed by atoms with Crippen molar-refractivity contribution in [2.24, 2.45) is 5.92 Å². The van der Waals surface area contributed by atoms with Gasteiger partial charge in [-0.2, -0.15) is 0 Å². The van der Waals surface area contributed by atoms with Crippen LogP contribution >= 0.6 is 0 Å². The predicted octanol–water partition coefficient (Wildman–Crippen LogP) is 2.99. The van der Waals surface area contributed by atoms with Gasteiger partial charge in [-0.05, 0) is 61.4 Å². The van der Waals surface area contributed by atoms with Crippen LogP contribution in [0.5, 0.6) is 5.75 Å². The van der Waals surface area contributed by atoms with Gasteiger partial charge in [0.05, 0.1) is 12.5 Å². The Labute approximate surface area is 175 Å². The molecule has 2 aromatic rings. The maximum Gasteiger partial charge on any atom is 0.229 e. The van der Waals surface area contributed by atoms with E-state index < -0.39 is 5.92 Å². The molecule has 1 saturated heterocycles. The number of carbonyl (C=O) groups is 3. The van der Waals surface area contributed by atoms with Crippen molar-refractivity contribution < 1.29 is 19.1 Å². The zero-order valence-corrected chi connectivity index (χ0v) is 17.2. The average molecular weight is 407 g/mol. The highest BCUT2D eigenvalue weighted by atomic mass is 16.5. The summed E-state index contributed by atoms with van der Waals surface area (Å²) >= 11 is 0. The van der Waals surface area contributed by atoms with E-state index in [2.05, 4.69) is 5.32 Å². The van der Waals surface area contributed by atoms with Crippen LogP contribution in [-0.4, -0.2) is 37.4 Å². The second-order valence-electron chi connectivity index (χ2n) is 7.59. The fourth-order valence-corrected chi connectivity index (χ4v) is 4.06. The zero-order valence-electron chi connectivity index (χ0n) is 17.2. The number of anilines is 3. The van der Waals surface area contributed by atoms with Crippen molar-refractivity contribution in [1.29, 1.82) is 0 Å². The van der Waals surface area contributed by atoms with Gasteiger partial charge in [0, 0.05) is 43.5 Å². The lowest BCUT2D eigenvalue weighted by molar-refractivity contribution is -0.122. The van der Waals surface area contributed by atoms with E-state index in [0.717, 1.165) is 29.1 Å². The van der Waals surface area contributed by atoms with E-state index in [4.69, 9.17) is 4.74 Å². The molecule has 0 saturated carbocycles. The van der Waals surface area contributed by atoms with E-state index in [-0.39, 0.29) is 24.1 Å². The Bertz CT molecular complexity index is 986. The van der Waals surface area contributed by atoms with Crippen LogP contribution in [0.1, 0.15) is 25.8 Å². The van der Waals surface area contributed by atoms with Crippen molar-refractivity contribution in [2.75, 3.05) is 34.8 Å². The minimum absolute atomic E-state index is 0.0183. The van der Waals surface area contributed by atoms with Crippen molar-refractivity contribution in [3.05, 3.63) is 48.0 Å². The summed E-state index contributed by atoms with van der Waals surface area (Å²) in [4.78, 5) is 40.4. The third-order valence-corrected chi connectivity index (χ3v) is 5.58. The first-order valence-electron chi connectivity index (χ1n) is 10.2. The lowest BCUT2D eigenvalue weighted by atomic mass is 10.1. The van der Waals surface area contributed by atoms with Gasteiger partial charge < -0.3 is 19.9 Å². The highest BCUT2D eigenvalue weighted by Crippen LogP contribution is 2.34. The van der Waals surface area contributed by atoms with E-state index in [0.29, 0.717) is 25.4 Å². The fourth-order valence-electron chi connectivity index (χ4n) is 4.06. The first kappa shape index (κ1) is 19.9. The topological polar surface area (TPSA) is 79.0 Å². The summed E-state index contributed by atoms with van der Waals surface area (Å²) in [5.74, 6) is 0.121. The molecule has 0 radical (unpaired) electrons. The lowest BCUT2D eigenvalue weighted by Gasteiger charge is -2.19. The first-order valence-corrected chi connectivity index (χ1v) is 10.2. The number of carbonyl (C=O) groups excluding carboxylic acids is 3. The Morgan fingerprint density at radius 2 is 1.93 bits per heavy atom. The molecule has 156 valence electrons. The summed E-state index contributed by atoms with van der Waals surface area (Å²) in [6.07, 6.45) is 0.950. The molecule has 4 rings (SSSR count). The van der Waals surface area contributed by atoms with E-state index in [1.807, 2.05) is 25.1 Å². The molecule has 7 nitrogen and oxygen atoms in total. The summed E-state index contributed by atoms with van der Waals surface area (Å²) in [6, 6.07) is 12.9. The highest BCUT2D eigenvalue weighted by Gasteiger charge is 2.36. The van der Waals surface area contributed by atoms with E-state index in [9.17, 15) is 14.4 Å². The average Bonchev–Trinajstić information content (AvgIpc) is 3.33. The maximum atomic E-state index is 12.7. The minimum Gasteiger partial charge on any atom is -0.494 e. The highest BCUT2D eigenvalue weighted by molar-refractivity contribution is 6.04. The number of hydrogen-bond donors (Lipinski definition) is 1. The molecule has 1 fully saturated rings. The summed E-state index contributed by atoms with van der Waals surface area (Å²) in [6.45, 7) is 5.06. The van der Waals surface area contributed by atoms with Crippen molar-refractivity contribution in [3.8, 4) is 5.75 Å². The van der Waals surface area contributed by atoms with Crippen LogP contribution in [0.4, 0.5) is 17.1 Å². The molecule has 30 heavy (non-hydrogen) atoms. The standard InChI is InChI=1S/C23H25N3O4/c1-3-30-20-7-4-18(5-8-20)24-23(29)17-13-22(28)26(14-17)19-6-9-21-16(12-19)10-11-25(21)15(2)27/h4-9,12,17H,3,10-11,13-14H2,1-2H3,(H,24,29)/t17-/m0/s1. The lowest BCUT2D eigenvalue weighted by Crippen LogP contribution is -2.28. The van der Waals surface area contributed by atoms with Crippen molar-refractivity contribution >= 4 is 34.8 Å². The number of nitrogens with one attached hydrogen (secondary N) is 1. The van der Waals surface area contributed by atoms with Crippen molar-refractivity contribution in [2.45, 2.75) is 26.7 Å². The van der Waals surface area contributed by atoms with Gasteiger partial charge >= 0.3 is 0 Å². The van der Waals surface area contributed by atoms with Gasteiger partial charge in [0.25, 0.3) is 0 Å². The third kappa shape index (κ3) is 3.87. The second-order valence-corrected chi connectivity index (χ2v) is 7.59. The molecule has 0 unspecified atom stereocenters. The molecule has 7 heteroatoms. The van der Waals surface area contributed by atoms with Gasteiger partial charge in [0.15, 0.2) is 0 Å². The summed E-state index contributed by atoms with van der Waals surface area (Å²) in [7, 11) is 0. The van der Waals surface area contributed by atoms with Crippen LogP contribution in [0, 0.1) is 5.92 Å². The number of ether oxygens (including phenoxy) is 1. The number of rotatable bonds is 5. The number of amides is 3. The Balaban J connectivity index is 1.43. The maximum absolute atomic E-state index is 12.7. The Kier molecular flexibility index (Phi) is 5.44. The molecule has 2 aliphatic heterocycles. The molecule has 1 atom stereocenters. The van der Waals surface area contributed by atoms with Crippen LogP contribution in [0.25, 0.3) is 0 Å². The molecule has 3 amide bonds. The second kappa shape index (κ2) is 8.18. The smallest absolute Gasteiger partial charge is 0.229 e. The Hall–Kier alpha value is -3.35. The molecule has 1 N–H and O–H groups in total. The Morgan fingerprint density at radius 3 is 2.63 bits per heavy atom. The van der Waals surface area contributed by atoms with Crippen LogP contribution in [0.3, 0.4) is 0 Å².